The second-order valence-corrected chi connectivity index (χ2v) is 3.01. The zero-order chi connectivity index (χ0) is 10.4. The normalized spacial score (nSPS) is 10.8. The Morgan fingerprint density at radius 3 is 2.31 bits per heavy atom. The first-order valence-electron chi connectivity index (χ1n) is 3.29. The van der Waals surface area contributed by atoms with E-state index in [1.165, 1.54) is 19.0 Å². The summed E-state index contributed by atoms with van der Waals surface area (Å²) in [6.07, 6.45) is 0.945. The lowest BCUT2D eigenvalue weighted by atomic mass is 10.7. The minimum atomic E-state index is -0.723. The van der Waals surface area contributed by atoms with E-state index in [4.69, 9.17) is 5.73 Å². The number of primary amides is 1. The molecule has 2 N–H and O–H groups in total. The molecule has 0 spiro atoms. The SMILES string of the molecule is CSC(=NOC(=O)N(C)C)C(N)=O. The minimum Gasteiger partial charge on any atom is -0.364 e. The van der Waals surface area contributed by atoms with E-state index in [1.807, 2.05) is 0 Å². The lowest BCUT2D eigenvalue weighted by Crippen LogP contribution is -2.24. The van der Waals surface area contributed by atoms with E-state index in [0.29, 0.717) is 0 Å². The number of nitrogens with zero attached hydrogens (tertiary/aromatic N) is 2. The van der Waals surface area contributed by atoms with Crippen molar-refractivity contribution in [2.45, 2.75) is 0 Å². The number of carbonyl (C=O) groups excluding carboxylic acids is 2. The largest absolute Gasteiger partial charge is 0.435 e. The van der Waals surface area contributed by atoms with Crippen LogP contribution >= 0.6 is 11.8 Å². The highest BCUT2D eigenvalue weighted by Gasteiger charge is 2.09. The maximum Gasteiger partial charge on any atom is 0.435 e. The average Bonchev–Trinajstić information content (AvgIpc) is 2.04. The number of hydrogen-bond acceptors (Lipinski definition) is 5. The Labute approximate surface area is 80.1 Å². The lowest BCUT2D eigenvalue weighted by molar-refractivity contribution is -0.111. The van der Waals surface area contributed by atoms with E-state index >= 15 is 0 Å². The maximum atomic E-state index is 10.8. The molecule has 13 heavy (non-hydrogen) atoms. The van der Waals surface area contributed by atoms with E-state index in [0.717, 1.165) is 11.8 Å². The summed E-state index contributed by atoms with van der Waals surface area (Å²) in [4.78, 5) is 27.0. The van der Waals surface area contributed by atoms with Gasteiger partial charge in [0.2, 0.25) is 5.04 Å². The highest BCUT2D eigenvalue weighted by Crippen LogP contribution is 1.98. The van der Waals surface area contributed by atoms with Gasteiger partial charge in [-0.05, 0) is 6.26 Å². The summed E-state index contributed by atoms with van der Waals surface area (Å²) in [5.74, 6) is -0.723. The smallest absolute Gasteiger partial charge is 0.364 e. The molecule has 0 aromatic heterocycles. The Balaban J connectivity index is 4.23. The molecule has 0 unspecified atom stereocenters. The molecule has 0 fully saturated rings. The quantitative estimate of drug-likeness (QED) is 0.279. The van der Waals surface area contributed by atoms with Gasteiger partial charge < -0.3 is 10.6 Å². The van der Waals surface area contributed by atoms with Crippen LogP contribution in [0, 0.1) is 0 Å². The summed E-state index contributed by atoms with van der Waals surface area (Å²) in [7, 11) is 3.00. The number of rotatable bonds is 1. The third-order valence-corrected chi connectivity index (χ3v) is 1.64. The predicted molar refractivity (Wildman–Crippen MR) is 50.3 cm³/mol. The Bertz CT molecular complexity index is 239. The van der Waals surface area contributed by atoms with E-state index in [2.05, 4.69) is 9.99 Å². The molecule has 0 aliphatic carbocycles. The topological polar surface area (TPSA) is 85.0 Å². The zero-order valence-electron chi connectivity index (χ0n) is 7.60. The lowest BCUT2D eigenvalue weighted by Gasteiger charge is -2.06. The van der Waals surface area contributed by atoms with E-state index in [-0.39, 0.29) is 5.04 Å². The van der Waals surface area contributed by atoms with Gasteiger partial charge in [-0.1, -0.05) is 5.16 Å². The first-order chi connectivity index (χ1) is 5.99. The third-order valence-electron chi connectivity index (χ3n) is 0.976. The molecule has 0 aromatic rings. The van der Waals surface area contributed by atoms with E-state index in [1.54, 1.807) is 6.26 Å². The highest BCUT2D eigenvalue weighted by atomic mass is 32.2. The molecule has 0 saturated heterocycles. The van der Waals surface area contributed by atoms with Crippen molar-refractivity contribution in [1.82, 2.24) is 4.90 Å². The molecule has 0 atom stereocenters. The molecule has 0 aromatic carbocycles. The third kappa shape index (κ3) is 4.36. The van der Waals surface area contributed by atoms with Crippen molar-refractivity contribution in [3.8, 4) is 0 Å². The fourth-order valence-electron chi connectivity index (χ4n) is 0.345. The van der Waals surface area contributed by atoms with Gasteiger partial charge in [0, 0.05) is 14.1 Å². The summed E-state index contributed by atoms with van der Waals surface area (Å²) in [5.41, 5.74) is 4.91. The van der Waals surface area contributed by atoms with Crippen molar-refractivity contribution in [2.24, 2.45) is 10.9 Å². The Kier molecular flexibility index (Phi) is 4.90. The van der Waals surface area contributed by atoms with Crippen LogP contribution in [0.3, 0.4) is 0 Å². The minimum absolute atomic E-state index is 0.0461. The summed E-state index contributed by atoms with van der Waals surface area (Å²) in [6.45, 7) is 0. The average molecular weight is 205 g/mol. The molecule has 0 rings (SSSR count). The molecule has 0 radical (unpaired) electrons. The highest BCUT2D eigenvalue weighted by molar-refractivity contribution is 8.15. The van der Waals surface area contributed by atoms with Gasteiger partial charge in [-0.2, -0.15) is 0 Å². The summed E-state index contributed by atoms with van der Waals surface area (Å²) < 4.78 is 0. The van der Waals surface area contributed by atoms with Crippen LogP contribution < -0.4 is 5.73 Å². The molecular weight excluding hydrogens is 194 g/mol. The van der Waals surface area contributed by atoms with Crippen molar-refractivity contribution >= 4 is 28.8 Å². The van der Waals surface area contributed by atoms with Gasteiger partial charge in [-0.3, -0.25) is 9.63 Å². The van der Waals surface area contributed by atoms with Crippen LogP contribution in [0.15, 0.2) is 5.16 Å². The van der Waals surface area contributed by atoms with Crippen molar-refractivity contribution in [1.29, 1.82) is 0 Å². The number of hydrogen-bond donors (Lipinski definition) is 1. The van der Waals surface area contributed by atoms with Gasteiger partial charge in [-0.15, -0.1) is 11.8 Å². The molecule has 6 nitrogen and oxygen atoms in total. The van der Waals surface area contributed by atoms with Crippen molar-refractivity contribution in [2.75, 3.05) is 20.4 Å². The first kappa shape index (κ1) is 11.8. The Morgan fingerprint density at radius 1 is 1.46 bits per heavy atom. The molecule has 74 valence electrons. The van der Waals surface area contributed by atoms with Gasteiger partial charge in [0.25, 0.3) is 5.91 Å². The molecule has 0 saturated carbocycles. The zero-order valence-corrected chi connectivity index (χ0v) is 8.42. The fourth-order valence-corrected chi connectivity index (χ4v) is 0.658. The molecule has 0 bridgehead atoms. The number of nitrogens with two attached hydrogens (primary N) is 1. The van der Waals surface area contributed by atoms with Crippen LogP contribution in [0.4, 0.5) is 4.79 Å². The monoisotopic (exact) mass is 205 g/mol. The van der Waals surface area contributed by atoms with Gasteiger partial charge in [0.15, 0.2) is 0 Å². The van der Waals surface area contributed by atoms with Crippen LogP contribution in [0.25, 0.3) is 0 Å². The second-order valence-electron chi connectivity index (χ2n) is 2.22. The van der Waals surface area contributed by atoms with E-state index in [9.17, 15) is 9.59 Å². The molecule has 0 aliphatic heterocycles. The van der Waals surface area contributed by atoms with Crippen molar-refractivity contribution in [3.05, 3.63) is 0 Å². The predicted octanol–water partition coefficient (Wildman–Crippen LogP) is -0.154. The van der Waals surface area contributed by atoms with Crippen molar-refractivity contribution < 1.29 is 14.4 Å². The molecule has 7 heteroatoms. The molecule has 0 aliphatic rings. The summed E-state index contributed by atoms with van der Waals surface area (Å²) >= 11 is 1.01. The van der Waals surface area contributed by atoms with Crippen molar-refractivity contribution in [3.63, 3.8) is 0 Å². The van der Waals surface area contributed by atoms with Crippen LogP contribution in [-0.2, 0) is 9.63 Å². The maximum absolute atomic E-state index is 10.8. The standard InChI is InChI=1S/C6H11N3O3S/c1-9(2)6(11)12-8-5(13-3)4(7)10/h1-3H3,(H2,7,10). The molecule has 2 amide bonds. The van der Waals surface area contributed by atoms with Gasteiger partial charge >= 0.3 is 6.09 Å². The van der Waals surface area contributed by atoms with E-state index < -0.39 is 12.0 Å². The molecule has 0 heterocycles. The van der Waals surface area contributed by atoms with Crippen LogP contribution in [-0.4, -0.2) is 42.3 Å². The number of thioether (sulfide) groups is 1. The Hall–Kier alpha value is -1.24. The van der Waals surface area contributed by atoms with Gasteiger partial charge in [0.05, 0.1) is 0 Å². The van der Waals surface area contributed by atoms with Crippen LogP contribution in [0.5, 0.6) is 0 Å². The van der Waals surface area contributed by atoms with Gasteiger partial charge in [0.1, 0.15) is 0 Å². The van der Waals surface area contributed by atoms with Gasteiger partial charge in [-0.25, -0.2) is 4.79 Å². The Morgan fingerprint density at radius 2 is 2.00 bits per heavy atom. The first-order valence-corrected chi connectivity index (χ1v) is 4.51. The summed E-state index contributed by atoms with van der Waals surface area (Å²) in [6, 6.07) is 0. The number of oxime groups is 1. The summed E-state index contributed by atoms with van der Waals surface area (Å²) in [5, 5.41) is 3.23. The van der Waals surface area contributed by atoms with Crippen LogP contribution in [0.2, 0.25) is 0 Å². The second kappa shape index (κ2) is 5.41. The number of amides is 2. The number of carbonyl (C=O) groups is 2. The fraction of sp³-hybridized carbons (Fsp3) is 0.500. The molecular formula is C6H11N3O3S. The van der Waals surface area contributed by atoms with Crippen LogP contribution in [0.1, 0.15) is 0 Å².